The van der Waals surface area contributed by atoms with E-state index in [1.165, 1.54) is 104 Å². The van der Waals surface area contributed by atoms with Crippen LogP contribution in [0, 0.1) is 0 Å². The minimum atomic E-state index is -2.80. The molecule has 12 heteroatoms. The van der Waals surface area contributed by atoms with E-state index in [1.54, 1.807) is 20.0 Å². The molecular weight excluding hydrogens is 1000 g/mol. The zero-order chi connectivity index (χ0) is 43.4. The predicted octanol–water partition coefficient (Wildman–Crippen LogP) is 11.1. The Kier molecular flexibility index (Phi) is 23.8. The number of carbonyl (C=O) groups excluding carboxylic acids is 2. The van der Waals surface area contributed by atoms with Gasteiger partial charge in [-0.15, -0.1) is 0 Å². The monoisotopic (exact) mass is 1080 g/mol. The Hall–Kier alpha value is -0.743. The molecular formula is C48H80N2O6S2Sn2. The van der Waals surface area contributed by atoms with Crippen LogP contribution in [0.5, 0.6) is 0 Å². The van der Waals surface area contributed by atoms with E-state index in [4.69, 9.17) is 18.9 Å². The third-order valence-electron chi connectivity index (χ3n) is 12.7. The van der Waals surface area contributed by atoms with E-state index >= 15 is 9.59 Å². The predicted molar refractivity (Wildman–Crippen MR) is 260 cm³/mol. The molecule has 8 nitrogen and oxygen atoms in total. The molecule has 0 spiro atoms. The van der Waals surface area contributed by atoms with Gasteiger partial charge >= 0.3 is 384 Å². The maximum absolute atomic E-state index is 15.2. The van der Waals surface area contributed by atoms with Gasteiger partial charge < -0.3 is 0 Å². The maximum atomic E-state index is 15.2. The van der Waals surface area contributed by atoms with Gasteiger partial charge in [0.2, 0.25) is 0 Å². The molecule has 0 saturated heterocycles. The van der Waals surface area contributed by atoms with Crippen LogP contribution in [0.15, 0.2) is 35.4 Å². The average molecular weight is 1080 g/mol. The number of carbonyl (C=O) groups is 2. The van der Waals surface area contributed by atoms with Gasteiger partial charge in [-0.1, -0.05) is 0 Å². The third-order valence-corrected chi connectivity index (χ3v) is 51.5. The SMILES string of the molecule is CCC[CH2][Sn]([CH2]CCC)([CH2]CCC)[c]1ccc(C2=C3C(=O)N(CCOCCOC)C(c4cc[c]([Sn]([CH2]CCC)([CH2]CCC)[CH2]CCC)s4)=C3C(=O)N2CCOCCOC)s1. The van der Waals surface area contributed by atoms with E-state index in [2.05, 4.69) is 65.8 Å². The fraction of sp³-hybridized carbons (Fsp3) is 0.708. The summed E-state index contributed by atoms with van der Waals surface area (Å²) in [6.45, 7) is 17.4. The molecule has 0 radical (unpaired) electrons. The number of methoxy groups -OCH3 is 2. The van der Waals surface area contributed by atoms with Crippen LogP contribution in [-0.4, -0.2) is 125 Å². The molecule has 2 aromatic heterocycles. The molecule has 0 N–H and O–H groups in total. The zero-order valence-electron chi connectivity index (χ0n) is 38.9. The number of hydrogen-bond donors (Lipinski definition) is 0. The number of nitrogens with zero attached hydrogens (tertiary/aromatic N) is 2. The van der Waals surface area contributed by atoms with Gasteiger partial charge in [0.15, 0.2) is 0 Å². The first-order valence-electron chi connectivity index (χ1n) is 23.7. The summed E-state index contributed by atoms with van der Waals surface area (Å²) < 4.78 is 34.0. The summed E-state index contributed by atoms with van der Waals surface area (Å²) in [6.07, 6.45) is 15.0. The molecule has 2 amide bonds. The van der Waals surface area contributed by atoms with Gasteiger partial charge in [-0.25, -0.2) is 0 Å². The molecule has 0 bridgehead atoms. The van der Waals surface area contributed by atoms with Crippen LogP contribution in [0.2, 0.25) is 26.6 Å². The third kappa shape index (κ3) is 13.2. The van der Waals surface area contributed by atoms with E-state index in [1.807, 2.05) is 32.5 Å². The second-order valence-electron chi connectivity index (χ2n) is 17.1. The van der Waals surface area contributed by atoms with Crippen molar-refractivity contribution in [2.75, 3.05) is 67.0 Å². The number of hydrogen-bond acceptors (Lipinski definition) is 8. The Bertz CT molecular complexity index is 1510. The molecule has 0 aliphatic carbocycles. The van der Waals surface area contributed by atoms with Gasteiger partial charge in [-0.3, -0.25) is 0 Å². The molecule has 4 rings (SSSR count). The van der Waals surface area contributed by atoms with Crippen LogP contribution < -0.4 is 5.79 Å². The molecule has 0 fully saturated rings. The van der Waals surface area contributed by atoms with Crippen molar-refractivity contribution in [2.24, 2.45) is 0 Å². The van der Waals surface area contributed by atoms with Crippen LogP contribution in [0.25, 0.3) is 11.4 Å². The number of rotatable bonds is 34. The van der Waals surface area contributed by atoms with Crippen LogP contribution in [0.3, 0.4) is 0 Å². The molecule has 2 aliphatic rings. The van der Waals surface area contributed by atoms with Gasteiger partial charge in [-0.05, 0) is 0 Å². The van der Waals surface area contributed by atoms with Gasteiger partial charge in [0, 0.05) is 0 Å². The number of ether oxygens (including phenoxy) is 4. The summed E-state index contributed by atoms with van der Waals surface area (Å²) in [6, 6.07) is 9.37. The molecule has 2 aromatic rings. The first-order chi connectivity index (χ1) is 29.3. The van der Waals surface area contributed by atoms with E-state index in [0.717, 1.165) is 21.1 Å². The Morgan fingerprint density at radius 1 is 0.467 bits per heavy atom. The van der Waals surface area contributed by atoms with Crippen molar-refractivity contribution in [2.45, 2.75) is 145 Å². The van der Waals surface area contributed by atoms with Crippen LogP contribution in [-0.2, 0) is 28.5 Å². The number of unbranched alkanes of at least 4 members (excludes halogenated alkanes) is 6. The molecule has 0 unspecified atom stereocenters. The molecule has 4 heterocycles. The zero-order valence-corrected chi connectivity index (χ0v) is 46.2. The van der Waals surface area contributed by atoms with Crippen LogP contribution >= 0.6 is 22.7 Å². The van der Waals surface area contributed by atoms with Crippen molar-refractivity contribution in [1.82, 2.24) is 9.80 Å². The van der Waals surface area contributed by atoms with Gasteiger partial charge in [0.1, 0.15) is 0 Å². The Morgan fingerprint density at radius 3 is 1.07 bits per heavy atom. The summed E-state index contributed by atoms with van der Waals surface area (Å²) in [4.78, 5) is 36.3. The van der Waals surface area contributed by atoms with Crippen LogP contribution in [0.1, 0.15) is 128 Å². The fourth-order valence-corrected chi connectivity index (χ4v) is 49.6. The standard InChI is InChI=1S/C24H26N2O6S2.6C4H9.2Sn/c1-29-11-13-31-9-7-25-21(17-5-3-15-33-17)19-20(23(25)27)22(18-6-4-16-34-18)26(24(19)28)8-10-32-14-12-30-2;6*1-3-4-2;;/h3-6H,7-14H2,1-2H3;6*1,3-4H2,2H3;;. The van der Waals surface area contributed by atoms with Crippen molar-refractivity contribution in [3.05, 3.63) is 45.2 Å². The summed E-state index contributed by atoms with van der Waals surface area (Å²) in [7, 11) is 3.35. The van der Waals surface area contributed by atoms with Gasteiger partial charge in [-0.2, -0.15) is 0 Å². The van der Waals surface area contributed by atoms with Gasteiger partial charge in [0.05, 0.1) is 0 Å². The average Bonchev–Trinajstić information content (AvgIpc) is 4.06. The number of thiophene rings is 2. The van der Waals surface area contributed by atoms with Crippen molar-refractivity contribution in [1.29, 1.82) is 0 Å². The summed E-state index contributed by atoms with van der Waals surface area (Å²) in [5.74, 6) is -0.163. The molecule has 0 atom stereocenters. The molecule has 0 saturated carbocycles. The van der Waals surface area contributed by atoms with Crippen molar-refractivity contribution in [3.63, 3.8) is 0 Å². The van der Waals surface area contributed by atoms with E-state index in [0.29, 0.717) is 63.9 Å². The molecule has 338 valence electrons. The van der Waals surface area contributed by atoms with Crippen molar-refractivity contribution >= 4 is 88.4 Å². The Balaban J connectivity index is 1.94. The molecule has 60 heavy (non-hydrogen) atoms. The first-order valence-corrected chi connectivity index (χ1v) is 40.3. The van der Waals surface area contributed by atoms with Gasteiger partial charge in [0.25, 0.3) is 0 Å². The molecule has 0 aromatic carbocycles. The normalized spacial score (nSPS) is 14.9. The second kappa shape index (κ2) is 27.6. The summed E-state index contributed by atoms with van der Waals surface area (Å²) in [5, 5.41) is 0. The fourth-order valence-electron chi connectivity index (χ4n) is 9.22. The first kappa shape index (κ1) is 51.9. The van der Waals surface area contributed by atoms with Crippen molar-refractivity contribution in [3.8, 4) is 0 Å². The van der Waals surface area contributed by atoms with E-state index in [9.17, 15) is 0 Å². The second-order valence-corrected chi connectivity index (χ2v) is 47.6. The number of fused-ring (bicyclic) bond motifs is 1. The summed E-state index contributed by atoms with van der Waals surface area (Å²) >= 11 is -1.79. The molecule has 2 aliphatic heterocycles. The number of amides is 2. The van der Waals surface area contributed by atoms with E-state index < -0.39 is 36.8 Å². The Morgan fingerprint density at radius 2 is 0.783 bits per heavy atom. The topological polar surface area (TPSA) is 77.5 Å². The summed E-state index contributed by atoms with van der Waals surface area (Å²) in [5.41, 5.74) is 2.71. The van der Waals surface area contributed by atoms with Crippen molar-refractivity contribution < 1.29 is 28.5 Å². The minimum absolute atomic E-state index is 0.0816. The Labute approximate surface area is 381 Å². The quantitative estimate of drug-likeness (QED) is 0.0513. The van der Waals surface area contributed by atoms with Crippen LogP contribution in [0.4, 0.5) is 0 Å². The van der Waals surface area contributed by atoms with E-state index in [-0.39, 0.29) is 11.8 Å².